The summed E-state index contributed by atoms with van der Waals surface area (Å²) in [5.41, 5.74) is 12.3. The lowest BCUT2D eigenvalue weighted by Gasteiger charge is -2.02. The van der Waals surface area contributed by atoms with Gasteiger partial charge in [-0.05, 0) is 42.5 Å². The zero-order valence-electron chi connectivity index (χ0n) is 10.3. The van der Waals surface area contributed by atoms with Crippen molar-refractivity contribution in [3.63, 3.8) is 0 Å². The fourth-order valence-corrected chi connectivity index (χ4v) is 2.13. The summed E-state index contributed by atoms with van der Waals surface area (Å²) in [4.78, 5) is -0.392. The zero-order valence-corrected chi connectivity index (χ0v) is 11.1. The van der Waals surface area contributed by atoms with E-state index in [1.807, 2.05) is 0 Å². The van der Waals surface area contributed by atoms with Crippen LogP contribution < -0.4 is 11.5 Å². The standard InChI is InChI=1S/C12H12N4O3S/c13-8-1-4-10(5-2-8)15-16-11-6-3-9(14)7-12(11)20(17,18)19/h1-7H,13-14H2,(H,17,18,19). The highest BCUT2D eigenvalue weighted by Crippen LogP contribution is 2.28. The highest BCUT2D eigenvalue weighted by atomic mass is 32.2. The molecule has 0 atom stereocenters. The molecule has 5 N–H and O–H groups in total. The van der Waals surface area contributed by atoms with E-state index >= 15 is 0 Å². The van der Waals surface area contributed by atoms with Gasteiger partial charge in [0.1, 0.15) is 10.6 Å². The molecule has 2 aromatic carbocycles. The first-order valence-electron chi connectivity index (χ1n) is 5.50. The van der Waals surface area contributed by atoms with Gasteiger partial charge in [-0.1, -0.05) is 0 Å². The van der Waals surface area contributed by atoms with Crippen molar-refractivity contribution in [3.8, 4) is 0 Å². The van der Waals surface area contributed by atoms with E-state index in [4.69, 9.17) is 16.0 Å². The molecule has 0 unspecified atom stereocenters. The first-order chi connectivity index (χ1) is 9.36. The smallest absolute Gasteiger partial charge is 0.296 e. The molecule has 0 radical (unpaired) electrons. The van der Waals surface area contributed by atoms with Gasteiger partial charge >= 0.3 is 0 Å². The third-order valence-electron chi connectivity index (χ3n) is 2.43. The first-order valence-corrected chi connectivity index (χ1v) is 6.94. The third kappa shape index (κ3) is 3.31. The van der Waals surface area contributed by atoms with Crippen LogP contribution in [0.15, 0.2) is 57.6 Å². The van der Waals surface area contributed by atoms with Crippen molar-refractivity contribution in [1.82, 2.24) is 0 Å². The highest BCUT2D eigenvalue weighted by molar-refractivity contribution is 7.86. The Morgan fingerprint density at radius 3 is 2.10 bits per heavy atom. The topological polar surface area (TPSA) is 131 Å². The number of nitrogen functional groups attached to an aromatic ring is 2. The molecule has 0 saturated carbocycles. The molecular formula is C12H12N4O3S. The molecule has 8 heteroatoms. The van der Waals surface area contributed by atoms with Gasteiger partial charge in [-0.3, -0.25) is 4.55 Å². The van der Waals surface area contributed by atoms with E-state index in [1.165, 1.54) is 12.1 Å². The van der Waals surface area contributed by atoms with Gasteiger partial charge in [-0.2, -0.15) is 13.5 Å². The van der Waals surface area contributed by atoms with Crippen molar-refractivity contribution in [3.05, 3.63) is 42.5 Å². The molecule has 0 aliphatic carbocycles. The maximum Gasteiger partial charge on any atom is 0.296 e. The van der Waals surface area contributed by atoms with Crippen LogP contribution in [0.4, 0.5) is 22.7 Å². The second kappa shape index (κ2) is 5.27. The molecule has 0 aliphatic heterocycles. The summed E-state index contributed by atoms with van der Waals surface area (Å²) in [7, 11) is -4.42. The number of nitrogens with two attached hydrogens (primary N) is 2. The Balaban J connectivity index is 2.41. The molecule has 0 saturated heterocycles. The summed E-state index contributed by atoms with van der Waals surface area (Å²) >= 11 is 0. The Labute approximate surface area is 115 Å². The van der Waals surface area contributed by atoms with Gasteiger partial charge in [0, 0.05) is 11.4 Å². The molecule has 0 heterocycles. The summed E-state index contributed by atoms with van der Waals surface area (Å²) in [5.74, 6) is 0. The summed E-state index contributed by atoms with van der Waals surface area (Å²) in [6.45, 7) is 0. The van der Waals surface area contributed by atoms with Gasteiger partial charge in [-0.25, -0.2) is 0 Å². The summed E-state index contributed by atoms with van der Waals surface area (Å²) in [6, 6.07) is 10.5. The molecule has 0 spiro atoms. The summed E-state index contributed by atoms with van der Waals surface area (Å²) in [5, 5.41) is 7.68. The fraction of sp³-hybridized carbons (Fsp3) is 0. The van der Waals surface area contributed by atoms with E-state index in [0.29, 0.717) is 11.4 Å². The molecule has 104 valence electrons. The van der Waals surface area contributed by atoms with E-state index in [-0.39, 0.29) is 11.4 Å². The van der Waals surface area contributed by atoms with Crippen LogP contribution in [0.2, 0.25) is 0 Å². The third-order valence-corrected chi connectivity index (χ3v) is 3.31. The predicted octanol–water partition coefficient (Wildman–Crippen LogP) is 2.51. The second-order valence-electron chi connectivity index (χ2n) is 3.99. The van der Waals surface area contributed by atoms with Crippen LogP contribution in [0.1, 0.15) is 0 Å². The predicted molar refractivity (Wildman–Crippen MR) is 75.7 cm³/mol. The van der Waals surface area contributed by atoms with Crippen molar-refractivity contribution in [2.24, 2.45) is 10.2 Å². The molecule has 0 aromatic heterocycles. The van der Waals surface area contributed by atoms with Crippen molar-refractivity contribution < 1.29 is 13.0 Å². The zero-order chi connectivity index (χ0) is 14.8. The Kier molecular flexibility index (Phi) is 3.68. The van der Waals surface area contributed by atoms with Gasteiger partial charge in [0.2, 0.25) is 0 Å². The number of hydrogen-bond donors (Lipinski definition) is 3. The van der Waals surface area contributed by atoms with Crippen LogP contribution in [-0.2, 0) is 10.1 Å². The van der Waals surface area contributed by atoms with Gasteiger partial charge in [0.15, 0.2) is 0 Å². The Hall–Kier alpha value is -2.45. The number of anilines is 2. The number of nitrogens with zero attached hydrogens (tertiary/aromatic N) is 2. The van der Waals surface area contributed by atoms with Crippen LogP contribution in [0.3, 0.4) is 0 Å². The van der Waals surface area contributed by atoms with Gasteiger partial charge in [0.25, 0.3) is 10.1 Å². The molecule has 20 heavy (non-hydrogen) atoms. The number of benzene rings is 2. The molecular weight excluding hydrogens is 280 g/mol. The van der Waals surface area contributed by atoms with E-state index in [2.05, 4.69) is 10.2 Å². The van der Waals surface area contributed by atoms with Crippen LogP contribution in [0, 0.1) is 0 Å². The molecule has 0 aliphatic rings. The maximum atomic E-state index is 11.2. The Bertz CT molecular complexity index is 755. The van der Waals surface area contributed by atoms with Crippen molar-refractivity contribution in [2.45, 2.75) is 4.90 Å². The lowest BCUT2D eigenvalue weighted by Crippen LogP contribution is -1.99. The molecule has 0 fully saturated rings. The molecule has 7 nitrogen and oxygen atoms in total. The lowest BCUT2D eigenvalue weighted by molar-refractivity contribution is 0.483. The summed E-state index contributed by atoms with van der Waals surface area (Å²) < 4.78 is 31.6. The minimum absolute atomic E-state index is 0.00137. The quantitative estimate of drug-likeness (QED) is 0.454. The minimum Gasteiger partial charge on any atom is -0.399 e. The average molecular weight is 292 g/mol. The van der Waals surface area contributed by atoms with Gasteiger partial charge in [-0.15, -0.1) is 5.11 Å². The maximum absolute atomic E-state index is 11.2. The van der Waals surface area contributed by atoms with Crippen LogP contribution in [0.25, 0.3) is 0 Å². The van der Waals surface area contributed by atoms with Crippen LogP contribution >= 0.6 is 0 Å². The van der Waals surface area contributed by atoms with Gasteiger partial charge in [0.05, 0.1) is 5.69 Å². The van der Waals surface area contributed by atoms with E-state index in [9.17, 15) is 8.42 Å². The summed E-state index contributed by atoms with van der Waals surface area (Å²) in [6.07, 6.45) is 0. The van der Waals surface area contributed by atoms with Crippen molar-refractivity contribution >= 4 is 32.9 Å². The number of rotatable bonds is 3. The van der Waals surface area contributed by atoms with Crippen molar-refractivity contribution in [2.75, 3.05) is 11.5 Å². The van der Waals surface area contributed by atoms with Crippen LogP contribution in [-0.4, -0.2) is 13.0 Å². The highest BCUT2D eigenvalue weighted by Gasteiger charge is 2.15. The monoisotopic (exact) mass is 292 g/mol. The largest absolute Gasteiger partial charge is 0.399 e. The molecule has 0 amide bonds. The normalized spacial score (nSPS) is 11.8. The van der Waals surface area contributed by atoms with Gasteiger partial charge < -0.3 is 11.5 Å². The molecule has 2 rings (SSSR count). The first kappa shape index (κ1) is 14.0. The molecule has 0 bridgehead atoms. The number of azo groups is 1. The van der Waals surface area contributed by atoms with E-state index in [1.54, 1.807) is 24.3 Å². The van der Waals surface area contributed by atoms with E-state index in [0.717, 1.165) is 6.07 Å². The van der Waals surface area contributed by atoms with Crippen LogP contribution in [0.5, 0.6) is 0 Å². The minimum atomic E-state index is -4.42. The Morgan fingerprint density at radius 2 is 1.50 bits per heavy atom. The van der Waals surface area contributed by atoms with E-state index < -0.39 is 15.0 Å². The Morgan fingerprint density at radius 1 is 0.900 bits per heavy atom. The second-order valence-corrected chi connectivity index (χ2v) is 5.38. The fourth-order valence-electron chi connectivity index (χ4n) is 1.47. The molecule has 2 aromatic rings. The SMILES string of the molecule is Nc1ccc(N=Nc2ccc(N)cc2S(=O)(=O)O)cc1. The van der Waals surface area contributed by atoms with Crippen molar-refractivity contribution in [1.29, 1.82) is 0 Å². The lowest BCUT2D eigenvalue weighted by atomic mass is 10.3. The average Bonchev–Trinajstić information content (AvgIpc) is 2.38. The number of hydrogen-bond acceptors (Lipinski definition) is 6.